The van der Waals surface area contributed by atoms with Gasteiger partial charge in [0.1, 0.15) is 0 Å². The van der Waals surface area contributed by atoms with E-state index in [1.807, 2.05) is 0 Å². The predicted octanol–water partition coefficient (Wildman–Crippen LogP) is 4.44. The summed E-state index contributed by atoms with van der Waals surface area (Å²) in [7, 11) is 0. The molecule has 2 unspecified atom stereocenters. The van der Waals surface area contributed by atoms with Crippen LogP contribution in [-0.2, 0) is 0 Å². The molecule has 2 rings (SSSR count). The molecule has 1 aromatic carbocycles. The van der Waals surface area contributed by atoms with Gasteiger partial charge >= 0.3 is 0 Å². The van der Waals surface area contributed by atoms with Crippen molar-refractivity contribution in [2.75, 3.05) is 17.6 Å². The predicted molar refractivity (Wildman–Crippen MR) is 75.4 cm³/mol. The molecule has 2 atom stereocenters. The fourth-order valence-corrected chi connectivity index (χ4v) is 2.86. The van der Waals surface area contributed by atoms with Crippen molar-refractivity contribution in [1.29, 1.82) is 0 Å². The summed E-state index contributed by atoms with van der Waals surface area (Å²) in [5.74, 6) is 1.25. The third kappa shape index (κ3) is 3.58. The second-order valence-electron chi connectivity index (χ2n) is 5.55. The van der Waals surface area contributed by atoms with Crippen LogP contribution in [0.1, 0.15) is 44.6 Å². The van der Waals surface area contributed by atoms with E-state index in [0.717, 1.165) is 6.54 Å². The first kappa shape index (κ1) is 14.1. The van der Waals surface area contributed by atoms with Gasteiger partial charge in [0.05, 0.1) is 0 Å². The maximum Gasteiger partial charge on any atom is 0.265 e. The van der Waals surface area contributed by atoms with Crippen LogP contribution in [0.4, 0.5) is 20.2 Å². The minimum absolute atomic E-state index is 0.00321. The average Bonchev–Trinajstić information content (AvgIpc) is 2.38. The van der Waals surface area contributed by atoms with Crippen LogP contribution in [0.2, 0.25) is 0 Å². The summed E-state index contributed by atoms with van der Waals surface area (Å²) in [6.45, 7) is 3.02. The maximum atomic E-state index is 13.0. The number of benzene rings is 1. The van der Waals surface area contributed by atoms with Gasteiger partial charge in [0.25, 0.3) is 6.43 Å². The number of nitrogen functional groups attached to an aromatic ring is 1. The van der Waals surface area contributed by atoms with E-state index in [9.17, 15) is 8.78 Å². The van der Waals surface area contributed by atoms with E-state index in [-0.39, 0.29) is 5.56 Å². The summed E-state index contributed by atoms with van der Waals surface area (Å²) in [4.78, 5) is 0. The van der Waals surface area contributed by atoms with Crippen molar-refractivity contribution in [3.05, 3.63) is 23.8 Å². The lowest BCUT2D eigenvalue weighted by molar-refractivity contribution is 0.152. The summed E-state index contributed by atoms with van der Waals surface area (Å²) >= 11 is 0. The Morgan fingerprint density at radius 2 is 2.05 bits per heavy atom. The first-order valence-corrected chi connectivity index (χ1v) is 6.99. The highest BCUT2D eigenvalue weighted by Gasteiger charge is 2.21. The number of nitrogens with two attached hydrogens (primary N) is 1. The van der Waals surface area contributed by atoms with E-state index in [2.05, 4.69) is 12.2 Å². The number of anilines is 2. The molecule has 0 radical (unpaired) electrons. The van der Waals surface area contributed by atoms with Crippen LogP contribution in [0.15, 0.2) is 18.2 Å². The normalized spacial score (nSPS) is 23.6. The van der Waals surface area contributed by atoms with Crippen LogP contribution in [0.3, 0.4) is 0 Å². The molecule has 0 amide bonds. The Hall–Kier alpha value is -1.32. The zero-order valence-corrected chi connectivity index (χ0v) is 11.3. The van der Waals surface area contributed by atoms with Gasteiger partial charge in [-0.1, -0.05) is 26.2 Å². The number of halogens is 2. The van der Waals surface area contributed by atoms with Gasteiger partial charge < -0.3 is 11.1 Å². The van der Waals surface area contributed by atoms with Crippen LogP contribution in [0.5, 0.6) is 0 Å². The Balaban J connectivity index is 2.02. The number of hydrogen-bond acceptors (Lipinski definition) is 2. The molecule has 1 aliphatic carbocycles. The maximum absolute atomic E-state index is 13.0. The Kier molecular flexibility index (Phi) is 4.61. The van der Waals surface area contributed by atoms with Crippen LogP contribution in [0.25, 0.3) is 0 Å². The van der Waals surface area contributed by atoms with Crippen molar-refractivity contribution in [1.82, 2.24) is 0 Å². The molecular formula is C15H22F2N2. The lowest BCUT2D eigenvalue weighted by Gasteiger charge is -2.29. The third-order valence-electron chi connectivity index (χ3n) is 4.15. The van der Waals surface area contributed by atoms with E-state index in [0.29, 0.717) is 23.2 Å². The molecule has 4 heteroatoms. The van der Waals surface area contributed by atoms with Crippen LogP contribution < -0.4 is 11.1 Å². The van der Waals surface area contributed by atoms with Gasteiger partial charge in [0, 0.05) is 23.5 Å². The van der Waals surface area contributed by atoms with E-state index in [1.165, 1.54) is 31.7 Å². The Morgan fingerprint density at radius 1 is 1.32 bits per heavy atom. The van der Waals surface area contributed by atoms with Crippen molar-refractivity contribution >= 4 is 11.4 Å². The van der Waals surface area contributed by atoms with Crippen LogP contribution in [0, 0.1) is 11.8 Å². The number of nitrogens with one attached hydrogen (secondary N) is 1. The van der Waals surface area contributed by atoms with Gasteiger partial charge in [-0.2, -0.15) is 0 Å². The second kappa shape index (κ2) is 6.22. The van der Waals surface area contributed by atoms with Crippen LogP contribution in [-0.4, -0.2) is 6.54 Å². The van der Waals surface area contributed by atoms with Crippen molar-refractivity contribution in [2.24, 2.45) is 11.8 Å². The quantitative estimate of drug-likeness (QED) is 0.792. The standard InChI is InChI=1S/C15H22F2N2/c1-10-4-2-3-5-11(10)9-19-14-7-6-12(18)8-13(14)15(16)17/h6-8,10-11,15,19H,2-5,9,18H2,1H3. The second-order valence-corrected chi connectivity index (χ2v) is 5.55. The molecule has 1 saturated carbocycles. The summed E-state index contributed by atoms with van der Waals surface area (Å²) in [5, 5.41) is 3.19. The Labute approximate surface area is 113 Å². The molecular weight excluding hydrogens is 246 g/mol. The summed E-state index contributed by atoms with van der Waals surface area (Å²) in [6.07, 6.45) is 2.49. The largest absolute Gasteiger partial charge is 0.399 e. The van der Waals surface area contributed by atoms with E-state index < -0.39 is 6.43 Å². The van der Waals surface area contributed by atoms with Crippen molar-refractivity contribution < 1.29 is 8.78 Å². The van der Waals surface area contributed by atoms with E-state index >= 15 is 0 Å². The third-order valence-corrected chi connectivity index (χ3v) is 4.15. The summed E-state index contributed by atoms with van der Waals surface area (Å²) < 4.78 is 25.9. The summed E-state index contributed by atoms with van der Waals surface area (Å²) in [6, 6.07) is 4.68. The van der Waals surface area contributed by atoms with Gasteiger partial charge in [0.2, 0.25) is 0 Å². The molecule has 19 heavy (non-hydrogen) atoms. The van der Waals surface area contributed by atoms with E-state index in [1.54, 1.807) is 12.1 Å². The minimum Gasteiger partial charge on any atom is -0.399 e. The fraction of sp³-hybridized carbons (Fsp3) is 0.600. The molecule has 0 bridgehead atoms. The highest BCUT2D eigenvalue weighted by Crippen LogP contribution is 2.32. The minimum atomic E-state index is -2.49. The van der Waals surface area contributed by atoms with Crippen molar-refractivity contribution in [3.8, 4) is 0 Å². The first-order valence-electron chi connectivity index (χ1n) is 6.99. The monoisotopic (exact) mass is 268 g/mol. The SMILES string of the molecule is CC1CCCCC1CNc1ccc(N)cc1C(F)F. The molecule has 1 fully saturated rings. The smallest absolute Gasteiger partial charge is 0.265 e. The molecule has 1 aliphatic rings. The first-order chi connectivity index (χ1) is 9.08. The number of alkyl halides is 2. The highest BCUT2D eigenvalue weighted by atomic mass is 19.3. The Morgan fingerprint density at radius 3 is 2.74 bits per heavy atom. The fourth-order valence-electron chi connectivity index (χ4n) is 2.86. The topological polar surface area (TPSA) is 38.0 Å². The molecule has 0 aliphatic heterocycles. The van der Waals surface area contributed by atoms with Gasteiger partial charge in [-0.05, 0) is 36.5 Å². The number of hydrogen-bond donors (Lipinski definition) is 2. The molecule has 3 N–H and O–H groups in total. The Bertz CT molecular complexity index is 421. The van der Waals surface area contributed by atoms with Gasteiger partial charge in [-0.25, -0.2) is 8.78 Å². The van der Waals surface area contributed by atoms with E-state index in [4.69, 9.17) is 5.73 Å². The molecule has 0 aromatic heterocycles. The lowest BCUT2D eigenvalue weighted by Crippen LogP contribution is -2.24. The van der Waals surface area contributed by atoms with Crippen LogP contribution >= 0.6 is 0 Å². The van der Waals surface area contributed by atoms with Gasteiger partial charge in [-0.3, -0.25) is 0 Å². The summed E-state index contributed by atoms with van der Waals surface area (Å²) in [5.41, 5.74) is 6.47. The zero-order valence-electron chi connectivity index (χ0n) is 11.3. The average molecular weight is 268 g/mol. The molecule has 2 nitrogen and oxygen atoms in total. The highest BCUT2D eigenvalue weighted by molar-refractivity contribution is 5.58. The van der Waals surface area contributed by atoms with Crippen molar-refractivity contribution in [2.45, 2.75) is 39.0 Å². The molecule has 0 heterocycles. The molecule has 0 saturated heterocycles. The van der Waals surface area contributed by atoms with Crippen molar-refractivity contribution in [3.63, 3.8) is 0 Å². The lowest BCUT2D eigenvalue weighted by atomic mass is 9.80. The molecule has 106 valence electrons. The zero-order chi connectivity index (χ0) is 13.8. The van der Waals surface area contributed by atoms with Gasteiger partial charge in [-0.15, -0.1) is 0 Å². The number of rotatable bonds is 4. The van der Waals surface area contributed by atoms with Gasteiger partial charge in [0.15, 0.2) is 0 Å². The molecule has 1 aromatic rings. The molecule has 0 spiro atoms.